The largest absolute Gasteiger partial charge is 0.481 e. The van der Waals surface area contributed by atoms with Crippen LogP contribution in [0.5, 0.6) is 0 Å². The van der Waals surface area contributed by atoms with Gasteiger partial charge in [-0.05, 0) is 31.1 Å². The summed E-state index contributed by atoms with van der Waals surface area (Å²) in [6.45, 7) is -1.74. The van der Waals surface area contributed by atoms with Gasteiger partial charge in [-0.1, -0.05) is 0 Å². The Kier molecular flexibility index (Phi) is 13.4. The third kappa shape index (κ3) is 11.1. The van der Waals surface area contributed by atoms with Crippen molar-refractivity contribution in [2.24, 2.45) is 10.8 Å². The lowest BCUT2D eigenvalue weighted by Gasteiger charge is -2.44. The first kappa shape index (κ1) is 29.3. The summed E-state index contributed by atoms with van der Waals surface area (Å²) >= 11 is 13.0. The second-order valence-corrected chi connectivity index (χ2v) is 10.2. The molecule has 0 rings (SSSR count). The van der Waals surface area contributed by atoms with E-state index in [9.17, 15) is 29.7 Å². The second-order valence-electron chi connectivity index (χ2n) is 8.02. The van der Waals surface area contributed by atoms with Crippen molar-refractivity contribution in [1.82, 2.24) is 0 Å². The number of thiol groups is 3. The SMILES string of the molecule is O=C(O)CC(S)CC(CC(S)CC(=O)O)(CC(S)CC(=O)O)CC(CO)(CO)CO. The van der Waals surface area contributed by atoms with Crippen LogP contribution in [-0.4, -0.2) is 84.1 Å². The number of carboxylic acid groups (broad SMARTS) is 3. The van der Waals surface area contributed by atoms with E-state index >= 15 is 0 Å². The van der Waals surface area contributed by atoms with E-state index in [4.69, 9.17) is 15.3 Å². The van der Waals surface area contributed by atoms with E-state index in [0.717, 1.165) is 0 Å². The molecule has 176 valence electrons. The van der Waals surface area contributed by atoms with Crippen molar-refractivity contribution in [3.05, 3.63) is 0 Å². The number of hydrogen-bond donors (Lipinski definition) is 9. The lowest BCUT2D eigenvalue weighted by atomic mass is 9.64. The van der Waals surface area contributed by atoms with Gasteiger partial charge in [0.05, 0.1) is 39.1 Å². The molecule has 0 aliphatic heterocycles. The molecule has 0 fully saturated rings. The first-order valence-electron chi connectivity index (χ1n) is 9.35. The fourth-order valence-electron chi connectivity index (χ4n) is 3.90. The highest BCUT2D eigenvalue weighted by atomic mass is 32.1. The number of carbonyl (C=O) groups is 3. The maximum atomic E-state index is 11.1. The molecule has 0 aromatic carbocycles. The standard InChI is InChI=1S/C18H32O9S3/c19-8-18(9-20,10-21)7-17(4-11(28)1-14(22)23,5-12(29)2-15(24)25)6-13(30)3-16(26)27/h11-13,19-21,28-30H,1-10H2,(H,22,23)(H,24,25)(H,26,27). The van der Waals surface area contributed by atoms with E-state index in [-0.39, 0.29) is 44.9 Å². The molecule has 0 amide bonds. The van der Waals surface area contributed by atoms with Gasteiger partial charge in [-0.15, -0.1) is 0 Å². The van der Waals surface area contributed by atoms with Crippen molar-refractivity contribution in [3.8, 4) is 0 Å². The van der Waals surface area contributed by atoms with E-state index in [0.29, 0.717) is 0 Å². The summed E-state index contributed by atoms with van der Waals surface area (Å²) in [5, 5.41) is 54.7. The molecule has 6 N–H and O–H groups in total. The molecular formula is C18H32O9S3. The quantitative estimate of drug-likeness (QED) is 0.134. The predicted octanol–water partition coefficient (Wildman–Crippen LogP) is 0.816. The molecule has 3 unspecified atom stereocenters. The van der Waals surface area contributed by atoms with Crippen molar-refractivity contribution in [1.29, 1.82) is 0 Å². The van der Waals surface area contributed by atoms with Crippen LogP contribution in [0.4, 0.5) is 0 Å². The Bertz CT molecular complexity index is 501. The van der Waals surface area contributed by atoms with Crippen molar-refractivity contribution in [3.63, 3.8) is 0 Å². The van der Waals surface area contributed by atoms with Crippen LogP contribution in [0.3, 0.4) is 0 Å². The van der Waals surface area contributed by atoms with Crippen molar-refractivity contribution < 1.29 is 45.0 Å². The van der Waals surface area contributed by atoms with Gasteiger partial charge in [-0.3, -0.25) is 14.4 Å². The van der Waals surface area contributed by atoms with E-state index in [2.05, 4.69) is 37.9 Å². The Morgan fingerprint density at radius 1 is 0.600 bits per heavy atom. The van der Waals surface area contributed by atoms with Crippen LogP contribution in [-0.2, 0) is 14.4 Å². The molecule has 0 heterocycles. The van der Waals surface area contributed by atoms with Gasteiger partial charge in [0.2, 0.25) is 0 Å². The van der Waals surface area contributed by atoms with Gasteiger partial charge in [0, 0.05) is 21.2 Å². The maximum absolute atomic E-state index is 11.1. The Morgan fingerprint density at radius 3 is 1.07 bits per heavy atom. The van der Waals surface area contributed by atoms with Crippen molar-refractivity contribution in [2.75, 3.05) is 19.8 Å². The third-order valence-corrected chi connectivity index (χ3v) is 6.09. The highest BCUT2D eigenvalue weighted by Gasteiger charge is 2.44. The van der Waals surface area contributed by atoms with Gasteiger partial charge in [0.25, 0.3) is 0 Å². The molecule has 12 heteroatoms. The summed E-state index contributed by atoms with van der Waals surface area (Å²) in [6.07, 6.45) is -0.606. The van der Waals surface area contributed by atoms with Gasteiger partial charge >= 0.3 is 17.9 Å². The maximum Gasteiger partial charge on any atom is 0.304 e. The fourth-order valence-corrected chi connectivity index (χ4v) is 5.53. The third-order valence-electron chi connectivity index (χ3n) is 4.99. The molecule has 0 bridgehead atoms. The summed E-state index contributed by atoms with van der Waals surface area (Å²) in [5.41, 5.74) is -2.33. The summed E-state index contributed by atoms with van der Waals surface area (Å²) in [4.78, 5) is 33.4. The first-order chi connectivity index (χ1) is 13.8. The first-order valence-corrected chi connectivity index (χ1v) is 10.9. The highest BCUT2D eigenvalue weighted by Crippen LogP contribution is 2.48. The molecule has 0 radical (unpaired) electrons. The lowest BCUT2D eigenvalue weighted by Crippen LogP contribution is -2.43. The minimum atomic E-state index is -1.34. The Labute approximate surface area is 192 Å². The number of carboxylic acids is 3. The minimum Gasteiger partial charge on any atom is -0.481 e. The fraction of sp³-hybridized carbons (Fsp3) is 0.833. The highest BCUT2D eigenvalue weighted by molar-refractivity contribution is 7.81. The Morgan fingerprint density at radius 2 is 0.867 bits per heavy atom. The topological polar surface area (TPSA) is 173 Å². The molecule has 0 aromatic rings. The molecule has 0 aliphatic carbocycles. The number of aliphatic hydroxyl groups is 3. The molecule has 30 heavy (non-hydrogen) atoms. The van der Waals surface area contributed by atoms with Gasteiger partial charge in [0.1, 0.15) is 0 Å². The molecule has 9 nitrogen and oxygen atoms in total. The molecule has 0 saturated heterocycles. The summed E-state index contributed by atoms with van der Waals surface area (Å²) in [6, 6.07) is 0. The average molecular weight is 489 g/mol. The van der Waals surface area contributed by atoms with Crippen LogP contribution in [0.2, 0.25) is 0 Å². The molecule has 3 atom stereocenters. The van der Waals surface area contributed by atoms with E-state index < -0.39 is 64.3 Å². The lowest BCUT2D eigenvalue weighted by molar-refractivity contribution is -0.137. The van der Waals surface area contributed by atoms with Gasteiger partial charge in [-0.25, -0.2) is 0 Å². The average Bonchev–Trinajstić information content (AvgIpc) is 2.57. The number of aliphatic carboxylic acids is 3. The van der Waals surface area contributed by atoms with E-state index in [1.807, 2.05) is 0 Å². The number of hydrogen-bond acceptors (Lipinski definition) is 9. The predicted molar refractivity (Wildman–Crippen MR) is 120 cm³/mol. The minimum absolute atomic E-state index is 0.0203. The number of rotatable bonds is 17. The Balaban J connectivity index is 6.14. The van der Waals surface area contributed by atoms with Crippen LogP contribution < -0.4 is 0 Å². The van der Waals surface area contributed by atoms with E-state index in [1.54, 1.807) is 0 Å². The summed E-state index contributed by atoms with van der Waals surface area (Å²) in [7, 11) is 0. The van der Waals surface area contributed by atoms with Crippen molar-refractivity contribution in [2.45, 2.75) is 60.7 Å². The molecule has 0 spiro atoms. The van der Waals surface area contributed by atoms with Crippen LogP contribution in [0.25, 0.3) is 0 Å². The normalized spacial score (nSPS) is 17.0. The van der Waals surface area contributed by atoms with Crippen LogP contribution in [0.1, 0.15) is 44.9 Å². The zero-order chi connectivity index (χ0) is 23.5. The van der Waals surface area contributed by atoms with Gasteiger partial charge in [0.15, 0.2) is 0 Å². The number of aliphatic hydroxyl groups excluding tert-OH is 3. The molecule has 0 saturated carbocycles. The molecule has 0 aliphatic rings. The van der Waals surface area contributed by atoms with Crippen molar-refractivity contribution >= 4 is 55.8 Å². The van der Waals surface area contributed by atoms with E-state index in [1.165, 1.54) is 0 Å². The summed E-state index contributed by atoms with van der Waals surface area (Å²) in [5.74, 6) is -3.28. The van der Waals surface area contributed by atoms with Crippen LogP contribution in [0.15, 0.2) is 0 Å². The van der Waals surface area contributed by atoms with Crippen LogP contribution in [0, 0.1) is 10.8 Å². The van der Waals surface area contributed by atoms with Gasteiger partial charge < -0.3 is 30.6 Å². The Hall–Kier alpha value is -0.660. The monoisotopic (exact) mass is 488 g/mol. The second kappa shape index (κ2) is 13.7. The zero-order valence-corrected chi connectivity index (χ0v) is 19.2. The molecular weight excluding hydrogens is 456 g/mol. The zero-order valence-electron chi connectivity index (χ0n) is 16.6. The van der Waals surface area contributed by atoms with Gasteiger partial charge in [-0.2, -0.15) is 37.9 Å². The molecule has 0 aromatic heterocycles. The smallest absolute Gasteiger partial charge is 0.304 e. The van der Waals surface area contributed by atoms with Crippen LogP contribution >= 0.6 is 37.9 Å². The summed E-state index contributed by atoms with van der Waals surface area (Å²) < 4.78 is 0.